The quantitative estimate of drug-likeness (QED) is 0.765. The molecule has 15 heavy (non-hydrogen) atoms. The van der Waals surface area contributed by atoms with E-state index in [1.165, 1.54) is 0 Å². The lowest BCUT2D eigenvalue weighted by Gasteiger charge is -2.12. The van der Waals surface area contributed by atoms with E-state index in [2.05, 4.69) is 20.7 Å². The molecule has 0 heterocycles. The van der Waals surface area contributed by atoms with Crippen molar-refractivity contribution >= 4 is 15.9 Å². The zero-order valence-electron chi connectivity index (χ0n) is 7.80. The van der Waals surface area contributed by atoms with Crippen LogP contribution in [0.25, 0.3) is 0 Å². The van der Waals surface area contributed by atoms with E-state index in [1.54, 1.807) is 0 Å². The van der Waals surface area contributed by atoms with Gasteiger partial charge >= 0.3 is 6.18 Å². The minimum atomic E-state index is -4.26. The predicted molar refractivity (Wildman–Crippen MR) is 55.0 cm³/mol. The zero-order chi connectivity index (χ0) is 11.3. The molecule has 84 valence electrons. The van der Waals surface area contributed by atoms with Crippen LogP contribution in [0.3, 0.4) is 0 Å². The average Bonchev–Trinajstić information content (AvgIpc) is 2.17. The molecular weight excluding hydrogens is 273 g/mol. The van der Waals surface area contributed by atoms with E-state index >= 15 is 0 Å². The van der Waals surface area contributed by atoms with Gasteiger partial charge in [0.15, 0.2) is 0 Å². The van der Waals surface area contributed by atoms with E-state index in [4.69, 9.17) is 0 Å². The van der Waals surface area contributed by atoms with Crippen LogP contribution in [0.5, 0.6) is 0 Å². The fourth-order valence-corrected chi connectivity index (χ4v) is 1.53. The first kappa shape index (κ1) is 12.5. The van der Waals surface area contributed by atoms with Gasteiger partial charge in [-0.2, -0.15) is 13.2 Å². The van der Waals surface area contributed by atoms with Gasteiger partial charge in [-0.3, -0.25) is 0 Å². The monoisotopic (exact) mass is 282 g/mol. The van der Waals surface area contributed by atoms with Crippen LogP contribution in [0, 0.1) is 0 Å². The van der Waals surface area contributed by atoms with Crippen molar-refractivity contribution in [1.82, 2.24) is 0 Å². The third kappa shape index (κ3) is 5.18. The van der Waals surface area contributed by atoms with E-state index in [0.717, 1.165) is 5.56 Å². The Morgan fingerprint density at radius 2 is 1.80 bits per heavy atom. The standard InChI is InChI=1S/C10H10BrF3O/c11-9(6-15-7-10(12,13)14)8-4-2-1-3-5-8/h1-5,9H,6-7H2. The number of rotatable bonds is 4. The molecule has 1 rings (SSSR count). The van der Waals surface area contributed by atoms with Crippen LogP contribution in [-0.4, -0.2) is 19.4 Å². The first-order valence-corrected chi connectivity index (χ1v) is 5.24. The summed E-state index contributed by atoms with van der Waals surface area (Å²) in [5.41, 5.74) is 0.902. The molecule has 1 atom stereocenters. The van der Waals surface area contributed by atoms with Crippen LogP contribution >= 0.6 is 15.9 Å². The Hall–Kier alpha value is -0.550. The highest BCUT2D eigenvalue weighted by atomic mass is 79.9. The van der Waals surface area contributed by atoms with E-state index < -0.39 is 12.8 Å². The van der Waals surface area contributed by atoms with Crippen LogP contribution in [0.2, 0.25) is 0 Å². The molecule has 0 bridgehead atoms. The summed E-state index contributed by atoms with van der Waals surface area (Å²) < 4.78 is 39.8. The lowest BCUT2D eigenvalue weighted by Crippen LogP contribution is -2.18. The van der Waals surface area contributed by atoms with Gasteiger partial charge in [-0.05, 0) is 5.56 Å². The van der Waals surface area contributed by atoms with E-state index in [1.807, 2.05) is 30.3 Å². The molecule has 0 fully saturated rings. The molecule has 0 aliphatic rings. The molecule has 0 saturated heterocycles. The second kappa shape index (κ2) is 5.51. The molecule has 1 nitrogen and oxygen atoms in total. The number of halogens is 4. The molecule has 1 aromatic rings. The fourth-order valence-electron chi connectivity index (χ4n) is 1.04. The Morgan fingerprint density at radius 1 is 1.20 bits per heavy atom. The number of hydrogen-bond acceptors (Lipinski definition) is 1. The van der Waals surface area contributed by atoms with E-state index in [-0.39, 0.29) is 11.4 Å². The minimum absolute atomic E-state index is 0.00350. The topological polar surface area (TPSA) is 9.23 Å². The summed E-state index contributed by atoms with van der Waals surface area (Å²) in [5.74, 6) is 0. The summed E-state index contributed by atoms with van der Waals surface area (Å²) >= 11 is 3.26. The molecule has 0 radical (unpaired) electrons. The smallest absolute Gasteiger partial charge is 0.371 e. The number of alkyl halides is 4. The summed E-state index contributed by atoms with van der Waals surface area (Å²) in [6, 6.07) is 9.16. The lowest BCUT2D eigenvalue weighted by atomic mass is 10.2. The molecule has 1 unspecified atom stereocenters. The van der Waals surface area contributed by atoms with Crippen molar-refractivity contribution in [2.75, 3.05) is 13.2 Å². The third-order valence-corrected chi connectivity index (χ3v) is 2.48. The highest BCUT2D eigenvalue weighted by molar-refractivity contribution is 9.09. The van der Waals surface area contributed by atoms with E-state index in [0.29, 0.717) is 0 Å². The van der Waals surface area contributed by atoms with Crippen molar-refractivity contribution < 1.29 is 17.9 Å². The number of hydrogen-bond donors (Lipinski definition) is 0. The van der Waals surface area contributed by atoms with Gasteiger partial charge in [0.1, 0.15) is 6.61 Å². The van der Waals surface area contributed by atoms with Crippen LogP contribution in [0.15, 0.2) is 30.3 Å². The average molecular weight is 283 g/mol. The number of benzene rings is 1. The van der Waals surface area contributed by atoms with Gasteiger partial charge in [0.25, 0.3) is 0 Å². The molecule has 0 amide bonds. The minimum Gasteiger partial charge on any atom is -0.371 e. The van der Waals surface area contributed by atoms with E-state index in [9.17, 15) is 13.2 Å². The van der Waals surface area contributed by atoms with Crippen molar-refractivity contribution in [1.29, 1.82) is 0 Å². The molecular formula is C10H10BrF3O. The Labute approximate surface area is 94.4 Å². The Balaban J connectivity index is 2.34. The SMILES string of the molecule is FC(F)(F)COCC(Br)c1ccccc1. The van der Waals surface area contributed by atoms with Crippen molar-refractivity contribution in [2.24, 2.45) is 0 Å². The van der Waals surface area contributed by atoms with Gasteiger partial charge in [-0.1, -0.05) is 46.3 Å². The molecule has 0 spiro atoms. The molecule has 0 N–H and O–H groups in total. The summed E-state index contributed by atoms with van der Waals surface area (Å²) in [5, 5.41) is 0. The third-order valence-electron chi connectivity index (χ3n) is 1.69. The summed E-state index contributed by atoms with van der Waals surface area (Å²) in [6.07, 6.45) is -4.26. The maximum atomic E-state index is 11.8. The molecule has 0 saturated carbocycles. The van der Waals surface area contributed by atoms with Crippen molar-refractivity contribution in [3.63, 3.8) is 0 Å². The molecule has 0 aliphatic carbocycles. The van der Waals surface area contributed by atoms with Crippen molar-refractivity contribution in [3.8, 4) is 0 Å². The van der Waals surface area contributed by atoms with Gasteiger partial charge in [0.05, 0.1) is 11.4 Å². The second-order valence-corrected chi connectivity index (χ2v) is 4.11. The van der Waals surface area contributed by atoms with Gasteiger partial charge in [-0.25, -0.2) is 0 Å². The first-order valence-electron chi connectivity index (χ1n) is 4.32. The summed E-state index contributed by atoms with van der Waals surface area (Å²) in [7, 11) is 0. The highest BCUT2D eigenvalue weighted by Gasteiger charge is 2.27. The number of ether oxygens (including phenoxy) is 1. The van der Waals surface area contributed by atoms with Gasteiger partial charge in [0.2, 0.25) is 0 Å². The molecule has 0 aliphatic heterocycles. The zero-order valence-corrected chi connectivity index (χ0v) is 9.38. The summed E-state index contributed by atoms with van der Waals surface area (Å²) in [4.78, 5) is -0.207. The Morgan fingerprint density at radius 3 is 2.33 bits per heavy atom. The van der Waals surface area contributed by atoms with Crippen LogP contribution in [-0.2, 0) is 4.74 Å². The largest absolute Gasteiger partial charge is 0.411 e. The molecule has 5 heteroatoms. The Kier molecular flexibility index (Phi) is 4.60. The van der Waals surface area contributed by atoms with Gasteiger partial charge < -0.3 is 4.74 Å². The van der Waals surface area contributed by atoms with Crippen molar-refractivity contribution in [3.05, 3.63) is 35.9 Å². The van der Waals surface area contributed by atoms with Gasteiger partial charge in [0, 0.05) is 0 Å². The highest BCUT2D eigenvalue weighted by Crippen LogP contribution is 2.23. The first-order chi connectivity index (χ1) is 6.99. The molecule has 1 aromatic carbocycles. The van der Waals surface area contributed by atoms with Crippen LogP contribution < -0.4 is 0 Å². The fraction of sp³-hybridized carbons (Fsp3) is 0.400. The normalized spacial score (nSPS) is 13.9. The predicted octanol–water partition coefficient (Wildman–Crippen LogP) is 3.70. The second-order valence-electron chi connectivity index (χ2n) is 3.01. The lowest BCUT2D eigenvalue weighted by molar-refractivity contribution is -0.173. The van der Waals surface area contributed by atoms with Crippen LogP contribution in [0.4, 0.5) is 13.2 Å². The van der Waals surface area contributed by atoms with Crippen molar-refractivity contribution in [2.45, 2.75) is 11.0 Å². The Bertz CT molecular complexity index is 286. The molecule has 0 aromatic heterocycles. The summed E-state index contributed by atoms with van der Waals surface area (Å²) in [6.45, 7) is -1.20. The maximum absolute atomic E-state index is 11.8. The van der Waals surface area contributed by atoms with Gasteiger partial charge in [-0.15, -0.1) is 0 Å². The maximum Gasteiger partial charge on any atom is 0.411 e. The van der Waals surface area contributed by atoms with Crippen LogP contribution in [0.1, 0.15) is 10.4 Å².